The van der Waals surface area contributed by atoms with Gasteiger partial charge in [0.15, 0.2) is 23.3 Å². The molecule has 0 saturated carbocycles. The number of rotatable bonds is 4. The lowest BCUT2D eigenvalue weighted by Crippen LogP contribution is -2.02. The van der Waals surface area contributed by atoms with Crippen molar-refractivity contribution in [2.24, 2.45) is 0 Å². The molecule has 372 valence electrons. The fraction of sp³-hybridized carbons (Fsp3) is 0. The smallest absolute Gasteiger partial charge is 0.233 e. The van der Waals surface area contributed by atoms with Crippen LogP contribution in [0.2, 0.25) is 0 Å². The Morgan fingerprint density at radius 1 is 0.338 bits per heavy atom. The molecule has 0 fully saturated rings. The maximum atomic E-state index is 6.36. The lowest BCUT2D eigenvalue weighted by Gasteiger charge is -2.12. The van der Waals surface area contributed by atoms with E-state index in [0.717, 1.165) is 93.2 Å². The highest BCUT2D eigenvalue weighted by Gasteiger charge is 2.24. The SMILES string of the molecule is c1ccc2cc3c(cc2c1)c1ccccc1n3-c1nc(-c2ccc3cccnc3c2)nc2oc3ccccc3c12.c1ccc2cc3c(cc2c1)c1ccccc1n3-c1nc(-c2ccc3cccnc3c2)nc2sc3ccccc3c12. The van der Waals surface area contributed by atoms with E-state index in [9.17, 15) is 0 Å². The molecule has 8 aromatic heterocycles. The summed E-state index contributed by atoms with van der Waals surface area (Å²) < 4.78 is 12.2. The van der Waals surface area contributed by atoms with Gasteiger partial charge in [0.1, 0.15) is 10.4 Å². The first-order valence-electron chi connectivity index (χ1n) is 26.6. The topological polar surface area (TPSA) is 100 Å². The summed E-state index contributed by atoms with van der Waals surface area (Å²) in [6, 6.07) is 80.5. The lowest BCUT2D eigenvalue weighted by atomic mass is 10.1. The molecule has 0 radical (unpaired) electrons. The first-order valence-corrected chi connectivity index (χ1v) is 27.4. The van der Waals surface area contributed by atoms with E-state index in [1.54, 1.807) is 11.3 Å². The third-order valence-electron chi connectivity index (χ3n) is 15.7. The Bertz CT molecular complexity index is 5250. The van der Waals surface area contributed by atoms with Gasteiger partial charge in [0, 0.05) is 71.3 Å². The molecule has 0 N–H and O–H groups in total. The maximum absolute atomic E-state index is 6.36. The van der Waals surface area contributed by atoms with E-state index in [4.69, 9.17) is 24.4 Å². The molecule has 0 spiro atoms. The fourth-order valence-corrected chi connectivity index (χ4v) is 13.0. The van der Waals surface area contributed by atoms with Crippen LogP contribution in [0.4, 0.5) is 0 Å². The Kier molecular flexibility index (Phi) is 9.68. The molecule has 0 atom stereocenters. The van der Waals surface area contributed by atoms with E-state index in [-0.39, 0.29) is 0 Å². The zero-order chi connectivity index (χ0) is 52.4. The van der Waals surface area contributed by atoms with Crippen molar-refractivity contribution >= 4 is 141 Å². The molecule has 0 amide bonds. The molecule has 0 aliphatic carbocycles. The summed E-state index contributed by atoms with van der Waals surface area (Å²) in [6.45, 7) is 0. The molecule has 18 rings (SSSR count). The van der Waals surface area contributed by atoms with Crippen molar-refractivity contribution in [2.75, 3.05) is 0 Å². The first-order chi connectivity index (χ1) is 39.6. The van der Waals surface area contributed by atoms with Crippen LogP contribution >= 0.6 is 11.3 Å². The van der Waals surface area contributed by atoms with Crippen molar-refractivity contribution in [1.82, 2.24) is 39.0 Å². The van der Waals surface area contributed by atoms with Gasteiger partial charge in [-0.3, -0.25) is 19.1 Å². The van der Waals surface area contributed by atoms with E-state index in [2.05, 4.69) is 213 Å². The summed E-state index contributed by atoms with van der Waals surface area (Å²) in [5, 5.41) is 16.0. The predicted octanol–water partition coefficient (Wildman–Crippen LogP) is 18.2. The minimum Gasteiger partial charge on any atom is -0.437 e. The number of benzene rings is 10. The Hall–Kier alpha value is -10.7. The number of hydrogen-bond donors (Lipinski definition) is 0. The van der Waals surface area contributed by atoms with Gasteiger partial charge < -0.3 is 4.42 Å². The van der Waals surface area contributed by atoms with Gasteiger partial charge in [-0.05, 0) is 94.3 Å². The van der Waals surface area contributed by atoms with Gasteiger partial charge >= 0.3 is 0 Å². The Morgan fingerprint density at radius 2 is 0.812 bits per heavy atom. The van der Waals surface area contributed by atoms with Crippen molar-refractivity contribution in [2.45, 2.75) is 0 Å². The maximum Gasteiger partial charge on any atom is 0.233 e. The molecule has 0 aliphatic rings. The van der Waals surface area contributed by atoms with E-state index in [1.807, 2.05) is 48.8 Å². The second-order valence-electron chi connectivity index (χ2n) is 20.3. The largest absolute Gasteiger partial charge is 0.437 e. The fourth-order valence-electron chi connectivity index (χ4n) is 12.0. The van der Waals surface area contributed by atoms with Crippen LogP contribution in [-0.2, 0) is 0 Å². The van der Waals surface area contributed by atoms with Crippen molar-refractivity contribution < 1.29 is 4.42 Å². The van der Waals surface area contributed by atoms with Crippen LogP contribution in [0.15, 0.2) is 247 Å². The highest BCUT2D eigenvalue weighted by Crippen LogP contribution is 2.43. The van der Waals surface area contributed by atoms with Gasteiger partial charge in [-0.1, -0.05) is 158 Å². The number of furan rings is 1. The van der Waals surface area contributed by atoms with Crippen LogP contribution in [0.3, 0.4) is 0 Å². The molecular formula is C70H40N8OS. The average Bonchev–Trinajstić information content (AvgIpc) is 4.38. The van der Waals surface area contributed by atoms with Crippen LogP contribution < -0.4 is 0 Å². The zero-order valence-electron chi connectivity index (χ0n) is 42.5. The molecule has 9 nitrogen and oxygen atoms in total. The molecule has 80 heavy (non-hydrogen) atoms. The highest BCUT2D eigenvalue weighted by molar-refractivity contribution is 7.25. The number of thiophene rings is 1. The number of pyridine rings is 2. The highest BCUT2D eigenvalue weighted by atomic mass is 32.1. The van der Waals surface area contributed by atoms with Gasteiger partial charge in [-0.2, -0.15) is 4.98 Å². The summed E-state index contributed by atoms with van der Waals surface area (Å²) >= 11 is 1.72. The van der Waals surface area contributed by atoms with E-state index in [0.29, 0.717) is 17.4 Å². The average molecular weight is 1040 g/mol. The molecule has 10 aromatic carbocycles. The Balaban J connectivity index is 0.000000128. The third-order valence-corrected chi connectivity index (χ3v) is 16.7. The van der Waals surface area contributed by atoms with Crippen LogP contribution in [0.1, 0.15) is 0 Å². The van der Waals surface area contributed by atoms with Crippen molar-refractivity contribution in [3.63, 3.8) is 0 Å². The molecule has 0 bridgehead atoms. The van der Waals surface area contributed by atoms with Crippen molar-refractivity contribution in [3.8, 4) is 34.4 Å². The number of nitrogens with zero attached hydrogens (tertiary/aromatic N) is 8. The summed E-state index contributed by atoms with van der Waals surface area (Å²) in [5.41, 5.74) is 9.49. The van der Waals surface area contributed by atoms with E-state index >= 15 is 0 Å². The van der Waals surface area contributed by atoms with Crippen LogP contribution in [0.25, 0.3) is 164 Å². The van der Waals surface area contributed by atoms with Crippen molar-refractivity contribution in [3.05, 3.63) is 243 Å². The molecule has 0 aliphatic heterocycles. The van der Waals surface area contributed by atoms with Gasteiger partial charge in [-0.25, -0.2) is 15.0 Å². The zero-order valence-corrected chi connectivity index (χ0v) is 43.3. The predicted molar refractivity (Wildman–Crippen MR) is 329 cm³/mol. The summed E-state index contributed by atoms with van der Waals surface area (Å²) in [4.78, 5) is 30.9. The Labute approximate surface area is 458 Å². The summed E-state index contributed by atoms with van der Waals surface area (Å²) in [5.74, 6) is 3.00. The normalized spacial score (nSPS) is 12.0. The Morgan fingerprint density at radius 3 is 1.41 bits per heavy atom. The minimum atomic E-state index is 0.564. The van der Waals surface area contributed by atoms with Gasteiger partial charge in [0.05, 0.1) is 43.9 Å². The molecule has 0 unspecified atom stereocenters. The minimum absolute atomic E-state index is 0.564. The standard InChI is InChI=1S/C35H20N4O.C35H20N4S/c2*1-2-9-23-20-30-27(18-22(23)8-1)25-11-3-5-13-29(25)39(30)34-32-26-12-4-6-14-31(26)40-35(32)38-33(37-34)24-16-15-21-10-7-17-36-28(21)19-24/h2*1-20H. The van der Waals surface area contributed by atoms with Crippen LogP contribution in [-0.4, -0.2) is 39.0 Å². The molecule has 10 heteroatoms. The third kappa shape index (κ3) is 6.89. The van der Waals surface area contributed by atoms with Gasteiger partial charge in [-0.15, -0.1) is 11.3 Å². The van der Waals surface area contributed by atoms with Crippen LogP contribution in [0.5, 0.6) is 0 Å². The molecule has 8 heterocycles. The van der Waals surface area contributed by atoms with Gasteiger partial charge in [0.25, 0.3) is 0 Å². The second kappa shape index (κ2) is 17.4. The molecular weight excluding hydrogens is 1000 g/mol. The molecule has 18 aromatic rings. The summed E-state index contributed by atoms with van der Waals surface area (Å²) in [6.07, 6.45) is 3.64. The quantitative estimate of drug-likeness (QED) is 0.173. The van der Waals surface area contributed by atoms with E-state index < -0.39 is 0 Å². The molecule has 0 saturated heterocycles. The number of hydrogen-bond acceptors (Lipinski definition) is 8. The van der Waals surface area contributed by atoms with E-state index in [1.165, 1.54) is 53.2 Å². The summed E-state index contributed by atoms with van der Waals surface area (Å²) in [7, 11) is 0. The lowest BCUT2D eigenvalue weighted by molar-refractivity contribution is 0.653. The number of fused-ring (bicyclic) bond motifs is 16. The van der Waals surface area contributed by atoms with Gasteiger partial charge in [0.2, 0.25) is 5.71 Å². The first kappa shape index (κ1) is 44.4. The van der Waals surface area contributed by atoms with Crippen LogP contribution in [0, 0.1) is 0 Å². The monoisotopic (exact) mass is 1040 g/mol. The number of aromatic nitrogens is 8. The van der Waals surface area contributed by atoms with Crippen molar-refractivity contribution in [1.29, 1.82) is 0 Å². The number of para-hydroxylation sites is 3. The second-order valence-corrected chi connectivity index (χ2v) is 21.3.